The predicted molar refractivity (Wildman–Crippen MR) is 88.4 cm³/mol. The standard InChI is InChI=1S/C17H20N4O2/c1-12(2)21-10-7-13(19-21)11-17(23)20-9-8-16(22)18-14-5-3-4-6-15(14)20/h3-7,10,12H,8-9,11H2,1-2H3,(H,18,22). The van der Waals surface area contributed by atoms with Crippen LogP contribution in [0.4, 0.5) is 11.4 Å². The van der Waals surface area contributed by atoms with Crippen LogP contribution in [0.2, 0.25) is 0 Å². The van der Waals surface area contributed by atoms with Crippen molar-refractivity contribution in [1.29, 1.82) is 0 Å². The van der Waals surface area contributed by atoms with E-state index in [-0.39, 0.29) is 24.3 Å². The molecule has 0 saturated carbocycles. The third-order valence-corrected chi connectivity index (χ3v) is 3.86. The van der Waals surface area contributed by atoms with Crippen LogP contribution in [0, 0.1) is 0 Å². The van der Waals surface area contributed by atoms with E-state index in [2.05, 4.69) is 10.4 Å². The first kappa shape index (κ1) is 15.3. The summed E-state index contributed by atoms with van der Waals surface area (Å²) in [7, 11) is 0. The number of carbonyl (C=O) groups is 2. The Balaban J connectivity index is 1.82. The minimum absolute atomic E-state index is 0.0528. The molecule has 0 radical (unpaired) electrons. The summed E-state index contributed by atoms with van der Waals surface area (Å²) in [6.45, 7) is 4.47. The number of nitrogens with zero attached hydrogens (tertiary/aromatic N) is 3. The van der Waals surface area contributed by atoms with E-state index in [0.29, 0.717) is 18.7 Å². The van der Waals surface area contributed by atoms with Gasteiger partial charge in [-0.2, -0.15) is 5.10 Å². The Kier molecular flexibility index (Phi) is 4.14. The van der Waals surface area contributed by atoms with Crippen molar-refractivity contribution in [2.75, 3.05) is 16.8 Å². The van der Waals surface area contributed by atoms with Gasteiger partial charge < -0.3 is 10.2 Å². The number of rotatable bonds is 3. The van der Waals surface area contributed by atoms with Crippen molar-refractivity contribution >= 4 is 23.2 Å². The van der Waals surface area contributed by atoms with E-state index in [0.717, 1.165) is 11.4 Å². The van der Waals surface area contributed by atoms with Crippen molar-refractivity contribution in [3.63, 3.8) is 0 Å². The van der Waals surface area contributed by atoms with Crippen LogP contribution in [0.3, 0.4) is 0 Å². The fourth-order valence-corrected chi connectivity index (χ4v) is 2.63. The second kappa shape index (κ2) is 6.24. The molecule has 3 rings (SSSR count). The molecule has 2 heterocycles. The Morgan fingerprint density at radius 3 is 2.83 bits per heavy atom. The van der Waals surface area contributed by atoms with Gasteiger partial charge in [0.1, 0.15) is 0 Å². The molecule has 1 aliphatic rings. The summed E-state index contributed by atoms with van der Waals surface area (Å²) in [4.78, 5) is 26.2. The molecule has 2 aromatic rings. The minimum Gasteiger partial charge on any atom is -0.324 e. The average Bonchev–Trinajstić information content (AvgIpc) is 2.90. The van der Waals surface area contributed by atoms with E-state index in [9.17, 15) is 9.59 Å². The van der Waals surface area contributed by atoms with Crippen LogP contribution < -0.4 is 10.2 Å². The molecule has 0 unspecified atom stereocenters. The van der Waals surface area contributed by atoms with Crippen molar-refractivity contribution in [1.82, 2.24) is 9.78 Å². The highest BCUT2D eigenvalue weighted by Crippen LogP contribution is 2.28. The minimum atomic E-state index is -0.0724. The van der Waals surface area contributed by atoms with Crippen molar-refractivity contribution in [2.24, 2.45) is 0 Å². The summed E-state index contributed by atoms with van der Waals surface area (Å²) in [6, 6.07) is 9.50. The Morgan fingerprint density at radius 2 is 2.09 bits per heavy atom. The molecular formula is C17H20N4O2. The Hall–Kier alpha value is -2.63. The number of hydrogen-bond acceptors (Lipinski definition) is 3. The highest BCUT2D eigenvalue weighted by Gasteiger charge is 2.24. The molecule has 1 N–H and O–H groups in total. The lowest BCUT2D eigenvalue weighted by Gasteiger charge is -2.21. The summed E-state index contributed by atoms with van der Waals surface area (Å²) < 4.78 is 1.84. The maximum atomic E-state index is 12.7. The second-order valence-electron chi connectivity index (χ2n) is 5.92. The van der Waals surface area contributed by atoms with Crippen molar-refractivity contribution < 1.29 is 9.59 Å². The number of carbonyl (C=O) groups excluding carboxylic acids is 2. The zero-order valence-electron chi connectivity index (χ0n) is 13.3. The quantitative estimate of drug-likeness (QED) is 0.946. The van der Waals surface area contributed by atoms with Gasteiger partial charge in [0, 0.05) is 25.2 Å². The molecule has 6 nitrogen and oxygen atoms in total. The Labute approximate surface area is 135 Å². The number of anilines is 2. The van der Waals surface area contributed by atoms with E-state index < -0.39 is 0 Å². The molecule has 0 aliphatic carbocycles. The first-order chi connectivity index (χ1) is 11.0. The molecular weight excluding hydrogens is 292 g/mol. The maximum Gasteiger partial charge on any atom is 0.233 e. The van der Waals surface area contributed by atoms with E-state index in [1.165, 1.54) is 0 Å². The van der Waals surface area contributed by atoms with Crippen LogP contribution in [0.5, 0.6) is 0 Å². The molecule has 120 valence electrons. The summed E-state index contributed by atoms with van der Waals surface area (Å²) in [5.74, 6) is -0.125. The van der Waals surface area contributed by atoms with Gasteiger partial charge in [-0.1, -0.05) is 12.1 Å². The third-order valence-electron chi connectivity index (χ3n) is 3.86. The van der Waals surface area contributed by atoms with Crippen LogP contribution in [-0.4, -0.2) is 28.1 Å². The molecule has 2 amide bonds. The molecule has 0 bridgehead atoms. The highest BCUT2D eigenvalue weighted by molar-refractivity contribution is 6.04. The SMILES string of the molecule is CC(C)n1ccc(CC(=O)N2CCC(=O)Nc3ccccc32)n1. The number of fused-ring (bicyclic) bond motifs is 1. The topological polar surface area (TPSA) is 67.2 Å². The van der Waals surface area contributed by atoms with Gasteiger partial charge in [-0.3, -0.25) is 14.3 Å². The maximum absolute atomic E-state index is 12.7. The molecule has 0 fully saturated rings. The predicted octanol–water partition coefficient (Wildman–Crippen LogP) is 2.38. The van der Waals surface area contributed by atoms with Gasteiger partial charge in [0.2, 0.25) is 11.8 Å². The van der Waals surface area contributed by atoms with Gasteiger partial charge in [0.25, 0.3) is 0 Å². The number of para-hydroxylation sites is 2. The lowest BCUT2D eigenvalue weighted by molar-refractivity contribution is -0.118. The Morgan fingerprint density at radius 1 is 1.30 bits per heavy atom. The molecule has 1 aromatic heterocycles. The zero-order valence-corrected chi connectivity index (χ0v) is 13.3. The van der Waals surface area contributed by atoms with Gasteiger partial charge in [0.05, 0.1) is 23.5 Å². The van der Waals surface area contributed by atoms with Gasteiger partial charge in [-0.15, -0.1) is 0 Å². The van der Waals surface area contributed by atoms with Gasteiger partial charge >= 0.3 is 0 Å². The van der Waals surface area contributed by atoms with Crippen LogP contribution >= 0.6 is 0 Å². The fraction of sp³-hybridized carbons (Fsp3) is 0.353. The number of benzene rings is 1. The highest BCUT2D eigenvalue weighted by atomic mass is 16.2. The second-order valence-corrected chi connectivity index (χ2v) is 5.92. The summed E-state index contributed by atoms with van der Waals surface area (Å²) in [5.41, 5.74) is 2.16. The van der Waals surface area contributed by atoms with Crippen molar-refractivity contribution in [3.8, 4) is 0 Å². The Bertz CT molecular complexity index is 736. The van der Waals surface area contributed by atoms with Crippen molar-refractivity contribution in [2.45, 2.75) is 32.7 Å². The van der Waals surface area contributed by atoms with E-state index >= 15 is 0 Å². The lowest BCUT2D eigenvalue weighted by atomic mass is 10.2. The fourth-order valence-electron chi connectivity index (χ4n) is 2.63. The monoisotopic (exact) mass is 312 g/mol. The van der Waals surface area contributed by atoms with Gasteiger partial charge in [0.15, 0.2) is 0 Å². The van der Waals surface area contributed by atoms with Gasteiger partial charge in [-0.05, 0) is 32.0 Å². The molecule has 23 heavy (non-hydrogen) atoms. The van der Waals surface area contributed by atoms with Crippen molar-refractivity contribution in [3.05, 3.63) is 42.2 Å². The number of aromatic nitrogens is 2. The van der Waals surface area contributed by atoms with E-state index in [4.69, 9.17) is 0 Å². The number of amides is 2. The molecule has 0 spiro atoms. The van der Waals surface area contributed by atoms with E-state index in [1.54, 1.807) is 4.90 Å². The molecule has 6 heteroatoms. The molecule has 0 saturated heterocycles. The first-order valence-corrected chi connectivity index (χ1v) is 7.78. The third kappa shape index (κ3) is 3.26. The van der Waals surface area contributed by atoms with Crippen LogP contribution in [0.1, 0.15) is 32.0 Å². The first-order valence-electron chi connectivity index (χ1n) is 7.78. The molecule has 1 aliphatic heterocycles. The van der Waals surface area contributed by atoms with Crippen LogP contribution in [-0.2, 0) is 16.0 Å². The smallest absolute Gasteiger partial charge is 0.233 e. The summed E-state index contributed by atoms with van der Waals surface area (Å²) in [5, 5.41) is 7.26. The zero-order chi connectivity index (χ0) is 16.4. The van der Waals surface area contributed by atoms with Crippen LogP contribution in [0.25, 0.3) is 0 Å². The normalized spacial score (nSPS) is 14.4. The number of hydrogen-bond donors (Lipinski definition) is 1. The van der Waals surface area contributed by atoms with E-state index in [1.807, 2.05) is 55.1 Å². The summed E-state index contributed by atoms with van der Waals surface area (Å²) in [6.07, 6.45) is 2.40. The molecule has 0 atom stereocenters. The largest absolute Gasteiger partial charge is 0.324 e. The lowest BCUT2D eigenvalue weighted by Crippen LogP contribution is -2.33. The van der Waals surface area contributed by atoms with Crippen LogP contribution in [0.15, 0.2) is 36.5 Å². The molecule has 1 aromatic carbocycles. The number of nitrogens with one attached hydrogen (secondary N) is 1. The average molecular weight is 312 g/mol. The summed E-state index contributed by atoms with van der Waals surface area (Å²) >= 11 is 0. The van der Waals surface area contributed by atoms with Gasteiger partial charge in [-0.25, -0.2) is 0 Å².